The summed E-state index contributed by atoms with van der Waals surface area (Å²) in [5.41, 5.74) is -0.00157. The van der Waals surface area contributed by atoms with Gasteiger partial charge in [-0.15, -0.1) is 0 Å². The van der Waals surface area contributed by atoms with Gasteiger partial charge in [0.25, 0.3) is 0 Å². The van der Waals surface area contributed by atoms with Crippen LogP contribution in [0.2, 0.25) is 0 Å². The van der Waals surface area contributed by atoms with Gasteiger partial charge in [-0.3, -0.25) is 0 Å². The lowest BCUT2D eigenvalue weighted by atomic mass is 10.2. The van der Waals surface area contributed by atoms with Crippen LogP contribution in [0.4, 0.5) is 18.9 Å². The summed E-state index contributed by atoms with van der Waals surface area (Å²) in [5, 5.41) is 2.36. The van der Waals surface area contributed by atoms with Crippen molar-refractivity contribution >= 4 is 5.69 Å². The number of anilines is 1. The molecule has 4 heteroatoms. The molecule has 0 amide bonds. The van der Waals surface area contributed by atoms with Crippen molar-refractivity contribution in [2.45, 2.75) is 6.92 Å². The van der Waals surface area contributed by atoms with Gasteiger partial charge in [-0.25, -0.2) is 13.2 Å². The summed E-state index contributed by atoms with van der Waals surface area (Å²) in [4.78, 5) is 0. The average molecular weight is 187 g/mol. The smallest absolute Gasteiger partial charge is 0.152 e. The molecule has 0 unspecified atom stereocenters. The Morgan fingerprint density at radius 1 is 1.23 bits per heavy atom. The van der Waals surface area contributed by atoms with E-state index in [2.05, 4.69) is 11.9 Å². The first kappa shape index (κ1) is 9.64. The molecule has 70 valence electrons. The number of benzene rings is 1. The van der Waals surface area contributed by atoms with Crippen LogP contribution in [0.25, 0.3) is 0 Å². The van der Waals surface area contributed by atoms with Crippen molar-refractivity contribution in [3.8, 4) is 0 Å². The van der Waals surface area contributed by atoms with Gasteiger partial charge in [0.1, 0.15) is 11.5 Å². The first-order valence-corrected chi connectivity index (χ1v) is 3.58. The van der Waals surface area contributed by atoms with Crippen LogP contribution in [-0.4, -0.2) is 0 Å². The standard InChI is InChI=1S/C9H8F3N/c1-5(2)13-9-7(11)3-6(10)4-8(9)12/h3-4,13H,1H2,2H3. The third kappa shape index (κ3) is 2.24. The van der Waals surface area contributed by atoms with Gasteiger partial charge in [-0.05, 0) is 6.92 Å². The molecule has 1 aromatic carbocycles. The Balaban J connectivity index is 3.13. The summed E-state index contributed by atoms with van der Waals surface area (Å²) in [6.07, 6.45) is 0. The monoisotopic (exact) mass is 187 g/mol. The van der Waals surface area contributed by atoms with Gasteiger partial charge in [-0.2, -0.15) is 0 Å². The Kier molecular flexibility index (Phi) is 2.60. The van der Waals surface area contributed by atoms with Crippen molar-refractivity contribution in [1.82, 2.24) is 0 Å². The van der Waals surface area contributed by atoms with E-state index in [9.17, 15) is 13.2 Å². The van der Waals surface area contributed by atoms with Gasteiger partial charge in [0.05, 0.1) is 0 Å². The highest BCUT2D eigenvalue weighted by Crippen LogP contribution is 2.20. The van der Waals surface area contributed by atoms with Crippen molar-refractivity contribution in [3.05, 3.63) is 41.9 Å². The van der Waals surface area contributed by atoms with Crippen molar-refractivity contribution in [1.29, 1.82) is 0 Å². The molecule has 0 aliphatic heterocycles. The highest BCUT2D eigenvalue weighted by atomic mass is 19.1. The largest absolute Gasteiger partial charge is 0.355 e. The Morgan fingerprint density at radius 2 is 1.69 bits per heavy atom. The normalized spacial score (nSPS) is 9.85. The highest BCUT2D eigenvalue weighted by molar-refractivity contribution is 5.50. The van der Waals surface area contributed by atoms with E-state index in [0.29, 0.717) is 17.8 Å². The van der Waals surface area contributed by atoms with Crippen LogP contribution < -0.4 is 5.32 Å². The minimum absolute atomic E-state index is 0.379. The Hall–Kier alpha value is -1.45. The summed E-state index contributed by atoms with van der Waals surface area (Å²) in [5.74, 6) is -2.89. The third-order valence-electron chi connectivity index (χ3n) is 1.35. The fraction of sp³-hybridized carbons (Fsp3) is 0.111. The second-order valence-electron chi connectivity index (χ2n) is 2.65. The molecular weight excluding hydrogens is 179 g/mol. The lowest BCUT2D eigenvalue weighted by molar-refractivity contribution is 0.548. The Morgan fingerprint density at radius 3 is 2.08 bits per heavy atom. The molecular formula is C9H8F3N. The highest BCUT2D eigenvalue weighted by Gasteiger charge is 2.10. The summed E-state index contributed by atoms with van der Waals surface area (Å²) in [6, 6.07) is 1.21. The van der Waals surface area contributed by atoms with E-state index in [1.807, 2.05) is 0 Å². The van der Waals surface area contributed by atoms with Gasteiger partial charge >= 0.3 is 0 Å². The van der Waals surface area contributed by atoms with Crippen molar-refractivity contribution in [2.75, 3.05) is 5.32 Å². The van der Waals surface area contributed by atoms with Crippen LogP contribution in [0.15, 0.2) is 24.4 Å². The van der Waals surface area contributed by atoms with E-state index in [0.717, 1.165) is 0 Å². The second-order valence-corrected chi connectivity index (χ2v) is 2.65. The first-order valence-electron chi connectivity index (χ1n) is 3.58. The molecule has 1 N–H and O–H groups in total. The van der Waals surface area contributed by atoms with E-state index in [-0.39, 0.29) is 5.69 Å². The quantitative estimate of drug-likeness (QED) is 0.750. The van der Waals surface area contributed by atoms with Crippen LogP contribution in [0, 0.1) is 17.5 Å². The molecule has 0 atom stereocenters. The summed E-state index contributed by atoms with van der Waals surface area (Å²) in [7, 11) is 0. The van der Waals surface area contributed by atoms with Crippen LogP contribution in [0.5, 0.6) is 0 Å². The number of halogens is 3. The van der Waals surface area contributed by atoms with Crippen LogP contribution in [0.1, 0.15) is 6.92 Å². The van der Waals surface area contributed by atoms with E-state index >= 15 is 0 Å². The molecule has 0 saturated heterocycles. The Bertz CT molecular complexity index is 324. The molecule has 0 spiro atoms. The molecule has 0 heterocycles. The molecule has 1 aromatic rings. The van der Waals surface area contributed by atoms with Gasteiger partial charge in [-0.1, -0.05) is 6.58 Å². The average Bonchev–Trinajstić information content (AvgIpc) is 1.96. The maximum absolute atomic E-state index is 12.9. The van der Waals surface area contributed by atoms with E-state index < -0.39 is 17.5 Å². The van der Waals surface area contributed by atoms with E-state index in [1.165, 1.54) is 0 Å². The minimum Gasteiger partial charge on any atom is -0.355 e. The maximum atomic E-state index is 12.9. The number of hydrogen-bond donors (Lipinski definition) is 1. The summed E-state index contributed by atoms with van der Waals surface area (Å²) in [6.45, 7) is 4.96. The number of allylic oxidation sites excluding steroid dienone is 1. The lowest BCUT2D eigenvalue weighted by Gasteiger charge is -2.07. The van der Waals surface area contributed by atoms with Gasteiger partial charge < -0.3 is 5.32 Å². The van der Waals surface area contributed by atoms with E-state index in [4.69, 9.17) is 0 Å². The molecule has 0 saturated carbocycles. The first-order chi connectivity index (χ1) is 6.00. The molecule has 13 heavy (non-hydrogen) atoms. The Labute approximate surface area is 73.9 Å². The molecule has 1 rings (SSSR count). The fourth-order valence-electron chi connectivity index (χ4n) is 0.875. The van der Waals surface area contributed by atoms with Gasteiger partial charge in [0.2, 0.25) is 0 Å². The van der Waals surface area contributed by atoms with Crippen LogP contribution in [0.3, 0.4) is 0 Å². The lowest BCUT2D eigenvalue weighted by Crippen LogP contribution is -2.00. The minimum atomic E-state index is -0.972. The fourth-order valence-corrected chi connectivity index (χ4v) is 0.875. The molecule has 0 bridgehead atoms. The molecule has 0 fully saturated rings. The molecule has 0 aromatic heterocycles. The van der Waals surface area contributed by atoms with Gasteiger partial charge in [0, 0.05) is 17.8 Å². The SMILES string of the molecule is C=C(C)Nc1c(F)cc(F)cc1F. The zero-order valence-electron chi connectivity index (χ0n) is 7.00. The van der Waals surface area contributed by atoms with Gasteiger partial charge in [0.15, 0.2) is 11.6 Å². The second kappa shape index (κ2) is 3.51. The van der Waals surface area contributed by atoms with Crippen molar-refractivity contribution < 1.29 is 13.2 Å². The number of nitrogens with one attached hydrogen (secondary N) is 1. The van der Waals surface area contributed by atoms with Crippen LogP contribution in [-0.2, 0) is 0 Å². The van der Waals surface area contributed by atoms with Crippen LogP contribution >= 0.6 is 0 Å². The topological polar surface area (TPSA) is 12.0 Å². The van der Waals surface area contributed by atoms with Crippen molar-refractivity contribution in [2.24, 2.45) is 0 Å². The van der Waals surface area contributed by atoms with E-state index in [1.54, 1.807) is 6.92 Å². The number of rotatable bonds is 2. The molecule has 0 radical (unpaired) electrons. The summed E-state index contributed by atoms with van der Waals surface area (Å²) < 4.78 is 38.2. The zero-order valence-corrected chi connectivity index (χ0v) is 7.00. The molecule has 1 nitrogen and oxygen atoms in total. The predicted octanol–water partition coefficient (Wildman–Crippen LogP) is 3.05. The number of hydrogen-bond acceptors (Lipinski definition) is 1. The predicted molar refractivity (Wildman–Crippen MR) is 44.8 cm³/mol. The molecule has 0 aliphatic carbocycles. The maximum Gasteiger partial charge on any atom is 0.152 e. The summed E-state index contributed by atoms with van der Waals surface area (Å²) >= 11 is 0. The molecule has 0 aliphatic rings. The van der Waals surface area contributed by atoms with Crippen molar-refractivity contribution in [3.63, 3.8) is 0 Å². The zero-order chi connectivity index (χ0) is 10.0. The third-order valence-corrected chi connectivity index (χ3v) is 1.35.